The number of aromatic nitrogens is 4. The second-order valence-electron chi connectivity index (χ2n) is 2.98. The van der Waals surface area contributed by atoms with Crippen LogP contribution in [-0.4, -0.2) is 38.0 Å². The summed E-state index contributed by atoms with van der Waals surface area (Å²) in [6, 6.07) is 0. The first kappa shape index (κ1) is 9.78. The van der Waals surface area contributed by atoms with Gasteiger partial charge in [-0.2, -0.15) is 5.10 Å². The second-order valence-corrected chi connectivity index (χ2v) is 3.69. The number of H-pyrrole nitrogens is 1. The van der Waals surface area contributed by atoms with E-state index in [0.29, 0.717) is 6.54 Å². The number of rotatable bonds is 3. The van der Waals surface area contributed by atoms with Crippen LogP contribution in [0.2, 0.25) is 0 Å². The van der Waals surface area contributed by atoms with Crippen LogP contribution in [-0.2, 0) is 6.54 Å². The number of hydrogen-bond acceptors (Lipinski definition) is 5. The summed E-state index contributed by atoms with van der Waals surface area (Å²) < 4.78 is 0. The SMILES string of the molecule is CN(Cc1cscn1)C(=O)c1ncn[nH]1. The summed E-state index contributed by atoms with van der Waals surface area (Å²) in [7, 11) is 1.70. The van der Waals surface area contributed by atoms with Gasteiger partial charge >= 0.3 is 0 Å². The average Bonchev–Trinajstić information content (AvgIpc) is 2.88. The number of nitrogens with one attached hydrogen (secondary N) is 1. The van der Waals surface area contributed by atoms with E-state index in [2.05, 4.69) is 20.2 Å². The lowest BCUT2D eigenvalue weighted by molar-refractivity contribution is 0.0772. The predicted molar refractivity (Wildman–Crippen MR) is 54.3 cm³/mol. The minimum Gasteiger partial charge on any atom is -0.333 e. The normalized spacial score (nSPS) is 10.2. The summed E-state index contributed by atoms with van der Waals surface area (Å²) >= 11 is 1.51. The molecular formula is C8H9N5OS. The minimum atomic E-state index is -0.194. The van der Waals surface area contributed by atoms with E-state index >= 15 is 0 Å². The molecule has 0 fully saturated rings. The van der Waals surface area contributed by atoms with Crippen LogP contribution in [0.5, 0.6) is 0 Å². The number of hydrogen-bond donors (Lipinski definition) is 1. The van der Waals surface area contributed by atoms with Crippen molar-refractivity contribution in [3.8, 4) is 0 Å². The zero-order valence-electron chi connectivity index (χ0n) is 8.04. The van der Waals surface area contributed by atoms with Crippen molar-refractivity contribution in [2.75, 3.05) is 7.05 Å². The lowest BCUT2D eigenvalue weighted by Crippen LogP contribution is -2.27. The fourth-order valence-electron chi connectivity index (χ4n) is 1.12. The van der Waals surface area contributed by atoms with E-state index < -0.39 is 0 Å². The van der Waals surface area contributed by atoms with Gasteiger partial charge in [-0.3, -0.25) is 9.89 Å². The van der Waals surface area contributed by atoms with Crippen LogP contribution in [0.4, 0.5) is 0 Å². The zero-order valence-corrected chi connectivity index (χ0v) is 8.86. The molecule has 6 nitrogen and oxygen atoms in total. The Morgan fingerprint density at radius 3 is 3.07 bits per heavy atom. The minimum absolute atomic E-state index is 0.194. The van der Waals surface area contributed by atoms with Gasteiger partial charge in [0.05, 0.1) is 17.7 Å². The number of thiazole rings is 1. The Balaban J connectivity index is 2.03. The maximum absolute atomic E-state index is 11.7. The molecular weight excluding hydrogens is 214 g/mol. The van der Waals surface area contributed by atoms with Crippen molar-refractivity contribution in [3.05, 3.63) is 28.7 Å². The number of aromatic amines is 1. The smallest absolute Gasteiger partial charge is 0.291 e. The van der Waals surface area contributed by atoms with Gasteiger partial charge in [0.15, 0.2) is 0 Å². The molecule has 2 aromatic heterocycles. The average molecular weight is 223 g/mol. The lowest BCUT2D eigenvalue weighted by atomic mass is 10.4. The highest BCUT2D eigenvalue weighted by Gasteiger charge is 2.14. The molecule has 0 radical (unpaired) electrons. The molecule has 0 unspecified atom stereocenters. The van der Waals surface area contributed by atoms with Crippen molar-refractivity contribution < 1.29 is 4.79 Å². The monoisotopic (exact) mass is 223 g/mol. The van der Waals surface area contributed by atoms with Gasteiger partial charge in [0.25, 0.3) is 5.91 Å². The molecule has 78 valence electrons. The standard InChI is InChI=1S/C8H9N5OS/c1-13(2-6-3-15-5-10-6)8(14)7-9-4-11-12-7/h3-5H,2H2,1H3,(H,9,11,12). The van der Waals surface area contributed by atoms with Crippen molar-refractivity contribution in [2.24, 2.45) is 0 Å². The highest BCUT2D eigenvalue weighted by molar-refractivity contribution is 7.07. The molecule has 7 heteroatoms. The van der Waals surface area contributed by atoms with Crippen molar-refractivity contribution >= 4 is 17.2 Å². The third-order valence-electron chi connectivity index (χ3n) is 1.85. The molecule has 2 aromatic rings. The number of carbonyl (C=O) groups is 1. The van der Waals surface area contributed by atoms with Gasteiger partial charge in [-0.05, 0) is 0 Å². The predicted octanol–water partition coefficient (Wildman–Crippen LogP) is 0.533. The Labute approximate surface area is 90.0 Å². The second kappa shape index (κ2) is 4.18. The quantitative estimate of drug-likeness (QED) is 0.823. The van der Waals surface area contributed by atoms with Crippen molar-refractivity contribution in [2.45, 2.75) is 6.54 Å². The van der Waals surface area contributed by atoms with Crippen LogP contribution in [0.15, 0.2) is 17.2 Å². The Morgan fingerprint density at radius 2 is 2.47 bits per heavy atom. The Morgan fingerprint density at radius 1 is 1.60 bits per heavy atom. The van der Waals surface area contributed by atoms with Crippen LogP contribution >= 0.6 is 11.3 Å². The fraction of sp³-hybridized carbons (Fsp3) is 0.250. The molecule has 2 heterocycles. The first-order valence-corrected chi connectivity index (χ1v) is 5.19. The molecule has 1 N–H and O–H groups in total. The van der Waals surface area contributed by atoms with E-state index in [-0.39, 0.29) is 11.7 Å². The molecule has 0 aromatic carbocycles. The first-order valence-electron chi connectivity index (χ1n) is 4.25. The lowest BCUT2D eigenvalue weighted by Gasteiger charge is -2.13. The van der Waals surface area contributed by atoms with Crippen LogP contribution < -0.4 is 0 Å². The first-order chi connectivity index (χ1) is 7.27. The topological polar surface area (TPSA) is 74.8 Å². The van der Waals surface area contributed by atoms with Crippen molar-refractivity contribution in [3.63, 3.8) is 0 Å². The van der Waals surface area contributed by atoms with E-state index in [1.807, 2.05) is 5.38 Å². The summed E-state index contributed by atoms with van der Waals surface area (Å²) in [6.07, 6.45) is 1.31. The molecule has 0 bridgehead atoms. The highest BCUT2D eigenvalue weighted by atomic mass is 32.1. The molecule has 0 spiro atoms. The zero-order chi connectivity index (χ0) is 10.7. The summed E-state index contributed by atoms with van der Waals surface area (Å²) in [5.74, 6) is 0.0493. The van der Waals surface area contributed by atoms with Crippen LogP contribution in [0.1, 0.15) is 16.3 Å². The number of carbonyl (C=O) groups excluding carboxylic acids is 1. The number of amides is 1. The molecule has 1 amide bonds. The van der Waals surface area contributed by atoms with Gasteiger partial charge in [-0.15, -0.1) is 11.3 Å². The Hall–Kier alpha value is -1.76. The third kappa shape index (κ3) is 2.18. The van der Waals surface area contributed by atoms with Gasteiger partial charge in [0, 0.05) is 12.4 Å². The van der Waals surface area contributed by atoms with Gasteiger partial charge < -0.3 is 4.90 Å². The molecule has 15 heavy (non-hydrogen) atoms. The summed E-state index contributed by atoms with van der Waals surface area (Å²) in [6.45, 7) is 0.475. The Bertz CT molecular complexity index is 424. The van der Waals surface area contributed by atoms with Crippen molar-refractivity contribution in [1.29, 1.82) is 0 Å². The van der Waals surface area contributed by atoms with E-state index in [0.717, 1.165) is 5.69 Å². The summed E-state index contributed by atoms with van der Waals surface area (Å²) in [5.41, 5.74) is 2.61. The molecule has 0 aliphatic heterocycles. The van der Waals surface area contributed by atoms with Gasteiger partial charge in [0.1, 0.15) is 6.33 Å². The van der Waals surface area contributed by atoms with Gasteiger partial charge in [-0.1, -0.05) is 0 Å². The molecule has 0 aliphatic rings. The molecule has 0 saturated carbocycles. The van der Waals surface area contributed by atoms with Gasteiger partial charge in [0.2, 0.25) is 5.82 Å². The molecule has 0 saturated heterocycles. The highest BCUT2D eigenvalue weighted by Crippen LogP contribution is 2.05. The van der Waals surface area contributed by atoms with E-state index in [1.165, 1.54) is 22.6 Å². The van der Waals surface area contributed by atoms with E-state index in [4.69, 9.17) is 0 Å². The van der Waals surface area contributed by atoms with Crippen LogP contribution in [0, 0.1) is 0 Å². The third-order valence-corrected chi connectivity index (χ3v) is 2.48. The fourth-order valence-corrected chi connectivity index (χ4v) is 1.67. The van der Waals surface area contributed by atoms with E-state index in [9.17, 15) is 4.79 Å². The van der Waals surface area contributed by atoms with E-state index in [1.54, 1.807) is 12.6 Å². The molecule has 0 atom stereocenters. The molecule has 2 rings (SSSR count). The van der Waals surface area contributed by atoms with Crippen molar-refractivity contribution in [1.82, 2.24) is 25.1 Å². The van der Waals surface area contributed by atoms with Crippen LogP contribution in [0.3, 0.4) is 0 Å². The maximum atomic E-state index is 11.7. The number of nitrogens with zero attached hydrogens (tertiary/aromatic N) is 4. The summed E-state index contributed by atoms with van der Waals surface area (Å²) in [4.78, 5) is 21.1. The maximum Gasteiger partial charge on any atom is 0.291 e. The molecule has 0 aliphatic carbocycles. The van der Waals surface area contributed by atoms with Gasteiger partial charge in [-0.25, -0.2) is 9.97 Å². The Kier molecular flexibility index (Phi) is 2.72. The largest absolute Gasteiger partial charge is 0.333 e. The summed E-state index contributed by atoms with van der Waals surface area (Å²) in [5, 5.41) is 8.06. The van der Waals surface area contributed by atoms with Crippen LogP contribution in [0.25, 0.3) is 0 Å².